The van der Waals surface area contributed by atoms with E-state index < -0.39 is 41.5 Å². The predicted molar refractivity (Wildman–Crippen MR) is 109 cm³/mol. The standard InChI is InChI=1S/C24H31F3O6/c1-14-4-9-19-15(2)23(24(25,26)27,29-13-17-7-5-16(12-28)6-8-17)31-20-22(19)18(14)10-11-21(3,30-20)32-33-22/h5-8,14-15,18-20,28H,4,9-13H2,1-3H3/t14-,15-,18+,19+,20+,21?,22?,23-/m1/s1. The van der Waals surface area contributed by atoms with E-state index in [1.165, 1.54) is 6.92 Å². The van der Waals surface area contributed by atoms with E-state index in [-0.39, 0.29) is 25.0 Å². The van der Waals surface area contributed by atoms with Crippen molar-refractivity contribution in [2.75, 3.05) is 0 Å². The zero-order valence-corrected chi connectivity index (χ0v) is 19.1. The van der Waals surface area contributed by atoms with Crippen LogP contribution in [-0.2, 0) is 37.2 Å². The van der Waals surface area contributed by atoms with Crippen LogP contribution in [0, 0.1) is 23.7 Å². The number of ether oxygens (including phenoxy) is 3. The molecule has 9 heteroatoms. The SMILES string of the molecule is C[C@@H]1CC[C@H]2[C@@H](C)[C@](OCc3ccc(CO)cc3)(C(F)(F)F)O[C@@H]3OC4(C)CC[C@@H]1C32OO4. The third kappa shape index (κ3) is 3.46. The fraction of sp³-hybridized carbons (Fsp3) is 0.750. The Morgan fingerprint density at radius 2 is 1.70 bits per heavy atom. The quantitative estimate of drug-likeness (QED) is 0.633. The molecule has 1 saturated carbocycles. The first-order valence-electron chi connectivity index (χ1n) is 11.7. The molecule has 8 atom stereocenters. The number of benzene rings is 1. The van der Waals surface area contributed by atoms with Crippen molar-refractivity contribution in [3.05, 3.63) is 35.4 Å². The van der Waals surface area contributed by atoms with Crippen molar-refractivity contribution in [2.45, 2.75) is 89.3 Å². The summed E-state index contributed by atoms with van der Waals surface area (Å²) >= 11 is 0. The fourth-order valence-corrected chi connectivity index (χ4v) is 6.42. The molecule has 6 nitrogen and oxygen atoms in total. The van der Waals surface area contributed by atoms with Gasteiger partial charge in [0, 0.05) is 18.3 Å². The summed E-state index contributed by atoms with van der Waals surface area (Å²) in [6, 6.07) is 6.60. The average Bonchev–Trinajstić information content (AvgIpc) is 3.00. The van der Waals surface area contributed by atoms with E-state index in [0.29, 0.717) is 24.0 Å². The van der Waals surface area contributed by atoms with Crippen molar-refractivity contribution in [2.24, 2.45) is 23.7 Å². The summed E-state index contributed by atoms with van der Waals surface area (Å²) in [5, 5.41) is 9.22. The maximum Gasteiger partial charge on any atom is 0.443 e. The molecule has 5 fully saturated rings. The molecule has 4 aliphatic heterocycles. The highest BCUT2D eigenvalue weighted by molar-refractivity contribution is 5.21. The molecule has 0 aromatic heterocycles. The molecule has 0 radical (unpaired) electrons. The summed E-state index contributed by atoms with van der Waals surface area (Å²) in [5.74, 6) is -5.37. The largest absolute Gasteiger partial charge is 0.443 e. The zero-order valence-electron chi connectivity index (χ0n) is 19.1. The third-order valence-corrected chi connectivity index (χ3v) is 8.31. The van der Waals surface area contributed by atoms with E-state index in [1.54, 1.807) is 31.2 Å². The minimum Gasteiger partial charge on any atom is -0.392 e. The van der Waals surface area contributed by atoms with Crippen LogP contribution in [0.3, 0.4) is 0 Å². The Morgan fingerprint density at radius 3 is 2.36 bits per heavy atom. The zero-order chi connectivity index (χ0) is 23.6. The summed E-state index contributed by atoms with van der Waals surface area (Å²) in [4.78, 5) is 11.6. The van der Waals surface area contributed by atoms with E-state index in [0.717, 1.165) is 12.8 Å². The Kier molecular flexibility index (Phi) is 5.62. The van der Waals surface area contributed by atoms with Crippen molar-refractivity contribution in [3.63, 3.8) is 0 Å². The molecule has 2 unspecified atom stereocenters. The van der Waals surface area contributed by atoms with Crippen molar-refractivity contribution in [1.29, 1.82) is 0 Å². The Balaban J connectivity index is 1.52. The van der Waals surface area contributed by atoms with Crippen LogP contribution in [0.4, 0.5) is 13.2 Å². The molecule has 2 bridgehead atoms. The van der Waals surface area contributed by atoms with Gasteiger partial charge < -0.3 is 19.3 Å². The number of rotatable bonds is 4. The summed E-state index contributed by atoms with van der Waals surface area (Å²) in [6.45, 7) is 4.89. The average molecular weight is 473 g/mol. The monoisotopic (exact) mass is 472 g/mol. The number of halogens is 3. The fourth-order valence-electron chi connectivity index (χ4n) is 6.42. The van der Waals surface area contributed by atoms with Gasteiger partial charge in [0.1, 0.15) is 0 Å². The maximum atomic E-state index is 14.8. The topological polar surface area (TPSA) is 66.4 Å². The van der Waals surface area contributed by atoms with Crippen LogP contribution in [0.5, 0.6) is 0 Å². The minimum absolute atomic E-state index is 0.0368. The molecule has 1 N–H and O–H groups in total. The summed E-state index contributed by atoms with van der Waals surface area (Å²) in [5.41, 5.74) is 0.120. The Morgan fingerprint density at radius 1 is 1.00 bits per heavy atom. The lowest BCUT2D eigenvalue weighted by molar-refractivity contribution is -0.599. The van der Waals surface area contributed by atoms with Gasteiger partial charge in [-0.05, 0) is 49.1 Å². The maximum absolute atomic E-state index is 14.8. The van der Waals surface area contributed by atoms with Gasteiger partial charge in [-0.2, -0.15) is 13.2 Å². The van der Waals surface area contributed by atoms with Gasteiger partial charge >= 0.3 is 6.18 Å². The lowest BCUT2D eigenvalue weighted by Crippen LogP contribution is -2.75. The van der Waals surface area contributed by atoms with E-state index >= 15 is 0 Å². The van der Waals surface area contributed by atoms with Crippen LogP contribution < -0.4 is 0 Å². The van der Waals surface area contributed by atoms with Crippen LogP contribution in [0.15, 0.2) is 24.3 Å². The molecular weight excluding hydrogens is 441 g/mol. The van der Waals surface area contributed by atoms with Gasteiger partial charge in [-0.1, -0.05) is 38.1 Å². The van der Waals surface area contributed by atoms with Crippen LogP contribution in [-0.4, -0.2) is 34.7 Å². The van der Waals surface area contributed by atoms with E-state index in [9.17, 15) is 18.3 Å². The second-order valence-corrected chi connectivity index (χ2v) is 10.2. The Bertz CT molecular complexity index is 878. The third-order valence-electron chi connectivity index (χ3n) is 8.31. The first-order chi connectivity index (χ1) is 15.5. The van der Waals surface area contributed by atoms with Gasteiger partial charge in [-0.15, -0.1) is 0 Å². The van der Waals surface area contributed by atoms with Crippen LogP contribution in [0.1, 0.15) is 57.6 Å². The second kappa shape index (κ2) is 7.90. The van der Waals surface area contributed by atoms with Crippen LogP contribution in [0.2, 0.25) is 0 Å². The second-order valence-electron chi connectivity index (χ2n) is 10.2. The number of alkyl halides is 3. The Hall–Kier alpha value is -1.23. The molecule has 4 saturated heterocycles. The molecule has 1 aromatic rings. The first kappa shape index (κ1) is 23.5. The number of aliphatic hydroxyl groups excluding tert-OH is 1. The molecule has 184 valence electrons. The van der Waals surface area contributed by atoms with Crippen LogP contribution >= 0.6 is 0 Å². The minimum atomic E-state index is -4.80. The smallest absolute Gasteiger partial charge is 0.392 e. The van der Waals surface area contributed by atoms with Gasteiger partial charge in [-0.3, -0.25) is 0 Å². The lowest BCUT2D eigenvalue weighted by Gasteiger charge is -2.62. The molecule has 0 amide bonds. The van der Waals surface area contributed by atoms with Crippen molar-refractivity contribution >= 4 is 0 Å². The van der Waals surface area contributed by atoms with Crippen molar-refractivity contribution < 1.29 is 42.3 Å². The molecule has 1 spiro atoms. The van der Waals surface area contributed by atoms with Gasteiger partial charge in [0.15, 0.2) is 11.9 Å². The summed E-state index contributed by atoms with van der Waals surface area (Å²) in [7, 11) is 0. The molecule has 4 heterocycles. The van der Waals surface area contributed by atoms with Gasteiger partial charge in [0.2, 0.25) is 5.79 Å². The highest BCUT2D eigenvalue weighted by Crippen LogP contribution is 2.64. The Labute approximate surface area is 191 Å². The number of fused-ring (bicyclic) bond motifs is 2. The van der Waals surface area contributed by atoms with E-state index in [4.69, 9.17) is 24.0 Å². The van der Waals surface area contributed by atoms with E-state index in [1.807, 2.05) is 0 Å². The van der Waals surface area contributed by atoms with Gasteiger partial charge in [-0.25, -0.2) is 9.78 Å². The first-order valence-corrected chi connectivity index (χ1v) is 11.7. The molecule has 1 aliphatic carbocycles. The van der Waals surface area contributed by atoms with Crippen molar-refractivity contribution in [1.82, 2.24) is 0 Å². The predicted octanol–water partition coefficient (Wildman–Crippen LogP) is 4.84. The molecular formula is C24H31F3O6. The number of aliphatic hydroxyl groups is 1. The normalized spacial score (nSPS) is 44.9. The summed E-state index contributed by atoms with van der Waals surface area (Å²) < 4.78 is 61.9. The molecule has 6 rings (SSSR count). The van der Waals surface area contributed by atoms with Gasteiger partial charge in [0.05, 0.1) is 13.2 Å². The van der Waals surface area contributed by atoms with Crippen LogP contribution in [0.25, 0.3) is 0 Å². The van der Waals surface area contributed by atoms with Gasteiger partial charge in [0.25, 0.3) is 5.79 Å². The highest BCUT2D eigenvalue weighted by atomic mass is 19.4. The number of hydrogen-bond acceptors (Lipinski definition) is 6. The van der Waals surface area contributed by atoms with Crippen molar-refractivity contribution in [3.8, 4) is 0 Å². The van der Waals surface area contributed by atoms with E-state index in [2.05, 4.69) is 6.92 Å². The lowest BCUT2D eigenvalue weighted by atomic mass is 9.57. The molecule has 5 aliphatic rings. The molecule has 33 heavy (non-hydrogen) atoms. The highest BCUT2D eigenvalue weighted by Gasteiger charge is 2.77. The number of hydrogen-bond donors (Lipinski definition) is 1. The summed E-state index contributed by atoms with van der Waals surface area (Å²) in [6.07, 6.45) is -3.47. The molecule has 1 aromatic carbocycles.